The summed E-state index contributed by atoms with van der Waals surface area (Å²) < 4.78 is 56.3. The number of nitrogens with one attached hydrogen (secondary N) is 1. The van der Waals surface area contributed by atoms with Crippen LogP contribution in [0.5, 0.6) is 0 Å². The van der Waals surface area contributed by atoms with Crippen LogP contribution in [0.25, 0.3) is 0 Å². The van der Waals surface area contributed by atoms with Crippen LogP contribution in [0.2, 0.25) is 0 Å². The molecule has 2 atom stereocenters. The lowest BCUT2D eigenvalue weighted by molar-refractivity contribution is 0.142. The highest BCUT2D eigenvalue weighted by molar-refractivity contribution is 7.85. The van der Waals surface area contributed by atoms with Gasteiger partial charge in [0.05, 0.1) is 24.5 Å². The molecule has 0 bridgehead atoms. The molecule has 11 heteroatoms. The van der Waals surface area contributed by atoms with Crippen LogP contribution in [0.1, 0.15) is 6.42 Å². The first kappa shape index (κ1) is 20.8. The number of nitrogens with zero attached hydrogens (tertiary/aromatic N) is 2. The van der Waals surface area contributed by atoms with Gasteiger partial charge >= 0.3 is 6.09 Å². The van der Waals surface area contributed by atoms with Gasteiger partial charge in [0, 0.05) is 35.4 Å². The van der Waals surface area contributed by atoms with E-state index in [0.29, 0.717) is 36.0 Å². The highest BCUT2D eigenvalue weighted by atomic mass is 32.2. The first-order chi connectivity index (χ1) is 13.3. The van der Waals surface area contributed by atoms with E-state index in [0.717, 1.165) is 6.42 Å². The van der Waals surface area contributed by atoms with Gasteiger partial charge in [-0.15, -0.1) is 0 Å². The van der Waals surface area contributed by atoms with Crippen molar-refractivity contribution in [2.24, 2.45) is 0 Å². The Kier molecular flexibility index (Phi) is 6.76. The van der Waals surface area contributed by atoms with Crippen LogP contribution in [0.3, 0.4) is 0 Å². The van der Waals surface area contributed by atoms with Crippen molar-refractivity contribution in [2.75, 3.05) is 47.5 Å². The van der Waals surface area contributed by atoms with Crippen molar-refractivity contribution in [1.82, 2.24) is 5.32 Å². The van der Waals surface area contributed by atoms with Crippen molar-refractivity contribution < 1.29 is 26.9 Å². The maximum atomic E-state index is 14.7. The van der Waals surface area contributed by atoms with Crippen LogP contribution in [-0.4, -0.2) is 65.5 Å². The molecular weight excluding hydrogens is 415 g/mol. The molecule has 2 aliphatic rings. The van der Waals surface area contributed by atoms with E-state index >= 15 is 0 Å². The Balaban J connectivity index is 1.65. The van der Waals surface area contributed by atoms with E-state index < -0.39 is 40.2 Å². The van der Waals surface area contributed by atoms with E-state index in [-0.39, 0.29) is 13.1 Å². The average molecular weight is 435 g/mol. The molecule has 1 N–H and O–H groups in total. The Morgan fingerprint density at radius 3 is 2.86 bits per heavy atom. The Bertz CT molecular complexity index is 781. The van der Waals surface area contributed by atoms with Gasteiger partial charge < -0.3 is 15.0 Å². The third-order valence-corrected chi connectivity index (χ3v) is 6.25. The Morgan fingerprint density at radius 1 is 1.36 bits per heavy atom. The second-order valence-electron chi connectivity index (χ2n) is 6.49. The molecule has 1 aromatic rings. The van der Waals surface area contributed by atoms with E-state index in [2.05, 4.69) is 17.5 Å². The smallest absolute Gasteiger partial charge is 0.414 e. The zero-order valence-corrected chi connectivity index (χ0v) is 16.5. The van der Waals surface area contributed by atoms with E-state index in [1.165, 1.54) is 11.0 Å². The molecule has 2 aliphatic heterocycles. The molecule has 3 rings (SSSR count). The molecule has 2 saturated heterocycles. The zero-order chi connectivity index (χ0) is 20.3. The molecule has 1 aromatic carbocycles. The third kappa shape index (κ3) is 4.93. The molecule has 0 radical (unpaired) electrons. The monoisotopic (exact) mass is 435 g/mol. The number of thiocarbonyl (C=S) groups is 1. The van der Waals surface area contributed by atoms with Crippen LogP contribution in [0, 0.1) is 5.82 Å². The number of ether oxygens (including phenoxy) is 1. The molecule has 28 heavy (non-hydrogen) atoms. The largest absolute Gasteiger partial charge is 0.442 e. The number of hydrogen-bond donors (Lipinski definition) is 1. The van der Waals surface area contributed by atoms with Crippen molar-refractivity contribution in [3.8, 4) is 0 Å². The Labute approximate surface area is 168 Å². The molecule has 2 fully saturated rings. The van der Waals surface area contributed by atoms with Crippen LogP contribution in [0.4, 0.5) is 29.3 Å². The third-order valence-electron chi connectivity index (χ3n) is 4.55. The Hall–Kier alpha value is -1.88. The summed E-state index contributed by atoms with van der Waals surface area (Å²) >= 11 is 4.49. The van der Waals surface area contributed by atoms with Gasteiger partial charge in [-0.25, -0.2) is 18.0 Å². The van der Waals surface area contributed by atoms with Crippen molar-refractivity contribution in [1.29, 1.82) is 0 Å². The fourth-order valence-corrected chi connectivity index (χ4v) is 4.30. The minimum absolute atomic E-state index is 0.0447. The number of hydrogen-bond acceptors (Lipinski definition) is 5. The number of carbonyl (C=O) groups is 1. The first-order valence-corrected chi connectivity index (χ1v) is 10.7. The lowest BCUT2D eigenvalue weighted by Gasteiger charge is -2.24. The zero-order valence-electron chi connectivity index (χ0n) is 14.9. The number of cyclic esters (lactones) is 1. The minimum Gasteiger partial charge on any atom is -0.442 e. The van der Waals surface area contributed by atoms with Gasteiger partial charge in [0.2, 0.25) is 0 Å². The molecule has 0 spiro atoms. The molecule has 2 heterocycles. The first-order valence-electron chi connectivity index (χ1n) is 8.78. The lowest BCUT2D eigenvalue weighted by Crippen LogP contribution is -2.36. The topological polar surface area (TPSA) is 61.9 Å². The van der Waals surface area contributed by atoms with Crippen LogP contribution >= 0.6 is 12.2 Å². The number of carbonyl (C=O) groups excluding carboxylic acids is 1. The second kappa shape index (κ2) is 9.08. The van der Waals surface area contributed by atoms with Crippen molar-refractivity contribution in [2.45, 2.75) is 19.0 Å². The summed E-state index contributed by atoms with van der Waals surface area (Å²) in [6.07, 6.45) is -3.40. The van der Waals surface area contributed by atoms with Gasteiger partial charge in [0.1, 0.15) is 16.9 Å². The van der Waals surface area contributed by atoms with Gasteiger partial charge in [-0.1, -0.05) is 12.2 Å². The van der Waals surface area contributed by atoms with Gasteiger partial charge in [-0.3, -0.25) is 9.11 Å². The van der Waals surface area contributed by atoms with E-state index in [9.17, 15) is 22.2 Å². The molecular formula is C17H20F3N3O3S2. The summed E-state index contributed by atoms with van der Waals surface area (Å²) in [5, 5.41) is 2.36. The maximum Gasteiger partial charge on any atom is 0.414 e. The molecule has 0 aliphatic carbocycles. The quantitative estimate of drug-likeness (QED) is 0.717. The molecule has 1 amide bonds. The van der Waals surface area contributed by atoms with Gasteiger partial charge in [-0.05, 0) is 24.6 Å². The van der Waals surface area contributed by atoms with Crippen LogP contribution < -0.4 is 15.1 Å². The van der Waals surface area contributed by atoms with Crippen molar-refractivity contribution in [3.05, 3.63) is 24.0 Å². The Morgan fingerprint density at radius 2 is 2.14 bits per heavy atom. The molecule has 6 nitrogen and oxygen atoms in total. The number of amides is 1. The normalized spacial score (nSPS) is 22.9. The summed E-state index contributed by atoms with van der Waals surface area (Å²) in [5.41, 5.74) is 0.722. The highest BCUT2D eigenvalue weighted by Gasteiger charge is 2.33. The lowest BCUT2D eigenvalue weighted by atomic mass is 10.2. The molecule has 0 saturated carbocycles. The summed E-state index contributed by atoms with van der Waals surface area (Å²) in [7, 11) is -0.878. The SMILES string of the molecule is O=C1OC(CNC(=S)C(F)F)CN1c1ccc(N2CCCS(=O)CC2)c(F)c1. The summed E-state index contributed by atoms with van der Waals surface area (Å²) in [4.78, 5) is 14.6. The second-order valence-corrected chi connectivity index (χ2v) is 8.62. The number of benzene rings is 1. The number of alkyl halides is 2. The van der Waals surface area contributed by atoms with Crippen molar-refractivity contribution >= 4 is 45.5 Å². The van der Waals surface area contributed by atoms with Gasteiger partial charge in [-0.2, -0.15) is 0 Å². The summed E-state index contributed by atoms with van der Waals surface area (Å²) in [6, 6.07) is 4.45. The fourth-order valence-electron chi connectivity index (χ4n) is 3.13. The molecule has 154 valence electrons. The van der Waals surface area contributed by atoms with Crippen molar-refractivity contribution in [3.63, 3.8) is 0 Å². The minimum atomic E-state index is -2.78. The van der Waals surface area contributed by atoms with Gasteiger partial charge in [0.15, 0.2) is 0 Å². The predicted octanol–water partition coefficient (Wildman–Crippen LogP) is 2.29. The maximum absolute atomic E-state index is 14.7. The van der Waals surface area contributed by atoms with Gasteiger partial charge in [0.25, 0.3) is 6.43 Å². The van der Waals surface area contributed by atoms with E-state index in [1.54, 1.807) is 12.1 Å². The fraction of sp³-hybridized carbons (Fsp3) is 0.529. The summed E-state index contributed by atoms with van der Waals surface area (Å²) in [6.45, 7) is 1.17. The van der Waals surface area contributed by atoms with E-state index in [4.69, 9.17) is 4.74 Å². The average Bonchev–Trinajstić information content (AvgIpc) is 2.89. The molecule has 2 unspecified atom stereocenters. The number of halogens is 3. The number of anilines is 2. The predicted molar refractivity (Wildman–Crippen MR) is 105 cm³/mol. The van der Waals surface area contributed by atoms with E-state index in [1.807, 2.05) is 4.90 Å². The van der Waals surface area contributed by atoms with Crippen LogP contribution in [0.15, 0.2) is 18.2 Å². The number of rotatable bonds is 5. The standard InChI is InChI=1S/C17H20F3N3O3S2/c18-13-8-11(2-3-14(13)22-4-1-6-28(25)7-5-22)23-10-12(26-17(23)24)9-21-16(27)15(19)20/h2-3,8,12,15H,1,4-7,9-10H2,(H,21,27). The molecule has 0 aromatic heterocycles. The van der Waals surface area contributed by atoms with Crippen LogP contribution in [-0.2, 0) is 15.5 Å². The summed E-state index contributed by atoms with van der Waals surface area (Å²) in [5.74, 6) is 0.619. The highest BCUT2D eigenvalue weighted by Crippen LogP contribution is 2.28.